The average Bonchev–Trinajstić information content (AvgIpc) is 3.00. The minimum atomic E-state index is 0.137. The number of nitrogens with one attached hydrogen (secondary N) is 1. The monoisotopic (exact) mass is 319 g/mol. The van der Waals surface area contributed by atoms with Gasteiger partial charge in [0, 0.05) is 11.7 Å². The molecule has 0 radical (unpaired) electrons. The Kier molecular flexibility index (Phi) is 4.80. The Labute approximate surface area is 146 Å². The third-order valence-corrected chi connectivity index (χ3v) is 4.98. The largest absolute Gasteiger partial charge is 0.361 e. The van der Waals surface area contributed by atoms with Crippen LogP contribution in [-0.2, 0) is 18.3 Å². The number of aryl methyl sites for hydroxylation is 1. The lowest BCUT2D eigenvalue weighted by Gasteiger charge is -2.26. The fourth-order valence-corrected chi connectivity index (χ4v) is 3.43. The van der Waals surface area contributed by atoms with Crippen molar-refractivity contribution in [2.24, 2.45) is 5.92 Å². The summed E-state index contributed by atoms with van der Waals surface area (Å²) in [6, 6.07) is 18.1. The van der Waals surface area contributed by atoms with Crippen LogP contribution >= 0.6 is 0 Å². The number of H-pyrrole nitrogens is 1. The Bertz CT molecular complexity index is 808. The van der Waals surface area contributed by atoms with Crippen LogP contribution in [0, 0.1) is 5.92 Å². The van der Waals surface area contributed by atoms with E-state index in [2.05, 4.69) is 81.2 Å². The first-order valence-corrected chi connectivity index (χ1v) is 9.09. The van der Waals surface area contributed by atoms with Crippen LogP contribution in [0.3, 0.4) is 0 Å². The van der Waals surface area contributed by atoms with Crippen molar-refractivity contribution in [3.63, 3.8) is 0 Å². The fourth-order valence-electron chi connectivity index (χ4n) is 3.43. The molecule has 3 aromatic rings. The second-order valence-electron chi connectivity index (χ2n) is 8.09. The van der Waals surface area contributed by atoms with Crippen LogP contribution in [-0.4, -0.2) is 4.98 Å². The predicted molar refractivity (Wildman–Crippen MR) is 105 cm³/mol. The van der Waals surface area contributed by atoms with Crippen LogP contribution in [0.2, 0.25) is 0 Å². The molecule has 1 nitrogen and oxygen atoms in total. The van der Waals surface area contributed by atoms with Crippen molar-refractivity contribution in [1.82, 2.24) is 4.98 Å². The number of benzene rings is 2. The summed E-state index contributed by atoms with van der Waals surface area (Å²) in [7, 11) is 0. The van der Waals surface area contributed by atoms with E-state index < -0.39 is 0 Å². The zero-order valence-electron chi connectivity index (χ0n) is 15.4. The van der Waals surface area contributed by atoms with Gasteiger partial charge < -0.3 is 4.98 Å². The van der Waals surface area contributed by atoms with Crippen molar-refractivity contribution in [3.05, 3.63) is 71.4 Å². The van der Waals surface area contributed by atoms with E-state index in [-0.39, 0.29) is 5.41 Å². The van der Waals surface area contributed by atoms with Gasteiger partial charge in [-0.15, -0.1) is 0 Å². The Balaban J connectivity index is 1.80. The van der Waals surface area contributed by atoms with E-state index in [4.69, 9.17) is 0 Å². The van der Waals surface area contributed by atoms with E-state index in [1.165, 1.54) is 40.4 Å². The van der Waals surface area contributed by atoms with Crippen LogP contribution < -0.4 is 0 Å². The maximum absolute atomic E-state index is 3.27. The molecule has 0 aliphatic carbocycles. The minimum absolute atomic E-state index is 0.137. The molecule has 2 aromatic carbocycles. The number of aromatic amines is 1. The fraction of sp³-hybridized carbons (Fsp3) is 0.391. The van der Waals surface area contributed by atoms with Crippen LogP contribution in [0.5, 0.6) is 0 Å². The highest BCUT2D eigenvalue weighted by molar-refractivity contribution is 5.79. The molecule has 0 unspecified atom stereocenters. The van der Waals surface area contributed by atoms with Gasteiger partial charge in [-0.25, -0.2) is 0 Å². The summed E-state index contributed by atoms with van der Waals surface area (Å²) in [5.41, 5.74) is 5.66. The first-order chi connectivity index (χ1) is 11.4. The number of hydrogen-bond acceptors (Lipinski definition) is 0. The lowest BCUT2D eigenvalue weighted by molar-refractivity contribution is 0.521. The molecule has 0 atom stereocenters. The Hall–Kier alpha value is -2.02. The minimum Gasteiger partial charge on any atom is -0.361 e. The number of fused-ring (bicyclic) bond motifs is 1. The van der Waals surface area contributed by atoms with E-state index in [0.717, 1.165) is 12.3 Å². The van der Waals surface area contributed by atoms with Gasteiger partial charge in [0.15, 0.2) is 0 Å². The summed E-state index contributed by atoms with van der Waals surface area (Å²) in [6.45, 7) is 9.31. The van der Waals surface area contributed by atoms with Crippen molar-refractivity contribution >= 4 is 10.9 Å². The van der Waals surface area contributed by atoms with Gasteiger partial charge >= 0.3 is 0 Å². The topological polar surface area (TPSA) is 15.8 Å². The third kappa shape index (κ3) is 3.90. The van der Waals surface area contributed by atoms with Crippen molar-refractivity contribution in [2.75, 3.05) is 0 Å². The lowest BCUT2D eigenvalue weighted by Crippen LogP contribution is -2.20. The molecule has 24 heavy (non-hydrogen) atoms. The predicted octanol–water partition coefficient (Wildman–Crippen LogP) is 6.28. The molecule has 0 saturated heterocycles. The molecule has 1 aromatic heterocycles. The molecule has 0 amide bonds. The van der Waals surface area contributed by atoms with Gasteiger partial charge in [0.25, 0.3) is 0 Å². The van der Waals surface area contributed by atoms with Crippen molar-refractivity contribution in [2.45, 2.75) is 52.4 Å². The van der Waals surface area contributed by atoms with Gasteiger partial charge in [-0.3, -0.25) is 0 Å². The molecule has 1 heterocycles. The molecular weight excluding hydrogens is 290 g/mol. The summed E-state index contributed by atoms with van der Waals surface area (Å²) in [5, 5.41) is 1.30. The molecule has 126 valence electrons. The smallest absolute Gasteiger partial charge is 0.0454 e. The summed E-state index contributed by atoms with van der Waals surface area (Å²) >= 11 is 0. The molecule has 0 aliphatic rings. The zero-order chi connectivity index (χ0) is 17.2. The van der Waals surface area contributed by atoms with E-state index in [1.54, 1.807) is 0 Å². The maximum atomic E-state index is 3.27. The normalized spacial score (nSPS) is 12.2. The Morgan fingerprint density at radius 2 is 1.79 bits per heavy atom. The highest BCUT2D eigenvalue weighted by Gasteiger charge is 2.21. The van der Waals surface area contributed by atoms with Gasteiger partial charge in [0.2, 0.25) is 0 Å². The number of aromatic nitrogens is 1. The molecule has 3 rings (SSSR count). The third-order valence-electron chi connectivity index (χ3n) is 4.98. The van der Waals surface area contributed by atoms with E-state index >= 15 is 0 Å². The van der Waals surface area contributed by atoms with E-state index in [9.17, 15) is 0 Å². The highest BCUT2D eigenvalue weighted by atomic mass is 14.7. The van der Waals surface area contributed by atoms with Crippen LogP contribution in [0.15, 0.2) is 54.7 Å². The van der Waals surface area contributed by atoms with Crippen molar-refractivity contribution < 1.29 is 0 Å². The summed E-state index contributed by atoms with van der Waals surface area (Å²) in [4.78, 5) is 3.27. The zero-order valence-corrected chi connectivity index (χ0v) is 15.4. The molecule has 0 aliphatic heterocycles. The number of hydrogen-bond donors (Lipinski definition) is 1. The highest BCUT2D eigenvalue weighted by Crippen LogP contribution is 2.29. The van der Waals surface area contributed by atoms with Crippen LogP contribution in [0.1, 0.15) is 50.8 Å². The molecular formula is C23H29N. The Morgan fingerprint density at radius 3 is 2.58 bits per heavy atom. The standard InChI is InChI=1S/C23H29N/c1-17(2)8-9-18-6-5-7-21(15-18)23(3,4)16-19-10-11-22-20(14-19)12-13-24-22/h5-7,10-15,17,24H,8-9,16H2,1-4H3. The first-order valence-electron chi connectivity index (χ1n) is 9.09. The van der Waals surface area contributed by atoms with Gasteiger partial charge in [-0.05, 0) is 70.9 Å². The average molecular weight is 319 g/mol. The van der Waals surface area contributed by atoms with Gasteiger partial charge in [0.05, 0.1) is 0 Å². The van der Waals surface area contributed by atoms with Crippen LogP contribution in [0.4, 0.5) is 0 Å². The Morgan fingerprint density at radius 1 is 0.958 bits per heavy atom. The van der Waals surface area contributed by atoms with Gasteiger partial charge in [0.1, 0.15) is 0 Å². The second-order valence-corrected chi connectivity index (χ2v) is 8.09. The second kappa shape index (κ2) is 6.84. The van der Waals surface area contributed by atoms with Gasteiger partial charge in [-0.2, -0.15) is 0 Å². The quantitative estimate of drug-likeness (QED) is 0.550. The maximum Gasteiger partial charge on any atom is 0.0454 e. The van der Waals surface area contributed by atoms with E-state index in [1.807, 2.05) is 6.20 Å². The van der Waals surface area contributed by atoms with Crippen molar-refractivity contribution in [3.8, 4) is 0 Å². The number of rotatable bonds is 6. The summed E-state index contributed by atoms with van der Waals surface area (Å²) in [6.07, 6.45) is 5.50. The molecule has 0 saturated carbocycles. The SMILES string of the molecule is CC(C)CCc1cccc(C(C)(C)Cc2ccc3[nH]ccc3c2)c1. The molecule has 1 N–H and O–H groups in total. The summed E-state index contributed by atoms with van der Waals surface area (Å²) in [5.74, 6) is 0.759. The first kappa shape index (κ1) is 16.8. The lowest BCUT2D eigenvalue weighted by atomic mass is 9.78. The summed E-state index contributed by atoms with van der Waals surface area (Å²) < 4.78 is 0. The van der Waals surface area contributed by atoms with E-state index in [0.29, 0.717) is 0 Å². The molecule has 0 bridgehead atoms. The van der Waals surface area contributed by atoms with Crippen LogP contribution in [0.25, 0.3) is 10.9 Å². The molecule has 1 heteroatoms. The molecule has 0 fully saturated rings. The van der Waals surface area contributed by atoms with Crippen molar-refractivity contribution in [1.29, 1.82) is 0 Å². The van der Waals surface area contributed by atoms with Gasteiger partial charge in [-0.1, -0.05) is 58.0 Å². The molecule has 0 spiro atoms.